The maximum atomic E-state index is 11.7. The molecule has 0 amide bonds. The van der Waals surface area contributed by atoms with Gasteiger partial charge in [-0.1, -0.05) is 33.6 Å². The number of nitro benzene ring substituents is 2. The molecule has 1 N–H and O–H groups in total. The summed E-state index contributed by atoms with van der Waals surface area (Å²) in [6, 6.07) is 1.90. The second kappa shape index (κ2) is 9.96. The first-order valence-corrected chi connectivity index (χ1v) is 9.30. The van der Waals surface area contributed by atoms with Gasteiger partial charge in [-0.2, -0.15) is 0 Å². The summed E-state index contributed by atoms with van der Waals surface area (Å²) < 4.78 is 0.130. The predicted molar refractivity (Wildman–Crippen MR) is 103 cm³/mol. The first-order valence-electron chi connectivity index (χ1n) is 9.30. The standard InChI is InChI=1S/C18H27N3O6/c1-4-7-10-21(9-6-3,11-8-5-2)17-15(19(24)25)12-14(18(22)23)13-16(17)20(26)27/h12-13H,4-11H2,1-3H3/p+1. The van der Waals surface area contributed by atoms with Crippen LogP contribution in [0.25, 0.3) is 0 Å². The van der Waals surface area contributed by atoms with E-state index in [1.54, 1.807) is 0 Å². The number of hydrogen-bond donors (Lipinski definition) is 1. The molecule has 1 rings (SSSR count). The Bertz CT molecular complexity index is 661. The first kappa shape index (κ1) is 22.5. The molecule has 0 heterocycles. The third-order valence-electron chi connectivity index (χ3n) is 4.72. The van der Waals surface area contributed by atoms with Crippen molar-refractivity contribution in [3.63, 3.8) is 0 Å². The van der Waals surface area contributed by atoms with Gasteiger partial charge in [-0.05, 0) is 19.3 Å². The number of hydrogen-bond acceptors (Lipinski definition) is 5. The average molecular weight is 382 g/mol. The van der Waals surface area contributed by atoms with Crippen LogP contribution in [0.15, 0.2) is 12.1 Å². The molecule has 0 aliphatic rings. The van der Waals surface area contributed by atoms with Crippen molar-refractivity contribution < 1.29 is 19.7 Å². The van der Waals surface area contributed by atoms with Crippen LogP contribution in [-0.4, -0.2) is 40.6 Å². The van der Waals surface area contributed by atoms with E-state index < -0.39 is 32.8 Å². The van der Waals surface area contributed by atoms with Crippen molar-refractivity contribution in [2.24, 2.45) is 0 Å². The Morgan fingerprint density at radius 3 is 1.67 bits per heavy atom. The number of nitro groups is 2. The van der Waals surface area contributed by atoms with Gasteiger partial charge in [0.1, 0.15) is 0 Å². The summed E-state index contributed by atoms with van der Waals surface area (Å²) in [4.78, 5) is 33.4. The number of quaternary nitrogens is 1. The van der Waals surface area contributed by atoms with Gasteiger partial charge in [-0.25, -0.2) is 4.79 Å². The summed E-state index contributed by atoms with van der Waals surface area (Å²) >= 11 is 0. The molecule has 150 valence electrons. The van der Waals surface area contributed by atoms with Crippen molar-refractivity contribution in [1.29, 1.82) is 0 Å². The van der Waals surface area contributed by atoms with E-state index in [0.717, 1.165) is 37.8 Å². The van der Waals surface area contributed by atoms with Crippen LogP contribution >= 0.6 is 0 Å². The van der Waals surface area contributed by atoms with Gasteiger partial charge in [0.05, 0.1) is 35.0 Å². The largest absolute Gasteiger partial charge is 0.478 e. The number of carbonyl (C=O) groups is 1. The molecule has 0 saturated carbocycles. The molecule has 0 aliphatic carbocycles. The molecule has 0 saturated heterocycles. The normalized spacial score (nSPS) is 11.4. The number of rotatable bonds is 12. The lowest BCUT2D eigenvalue weighted by atomic mass is 10.0. The molecule has 1 aromatic carbocycles. The number of unbranched alkanes of at least 4 members (excludes halogenated alkanes) is 2. The molecule has 0 atom stereocenters. The minimum absolute atomic E-state index is 0.0266. The molecule has 1 aromatic rings. The van der Waals surface area contributed by atoms with Crippen molar-refractivity contribution in [1.82, 2.24) is 4.48 Å². The van der Waals surface area contributed by atoms with Crippen LogP contribution in [0.5, 0.6) is 0 Å². The van der Waals surface area contributed by atoms with E-state index in [2.05, 4.69) is 0 Å². The summed E-state index contributed by atoms with van der Waals surface area (Å²) in [7, 11) is 0. The Morgan fingerprint density at radius 1 is 0.926 bits per heavy atom. The lowest BCUT2D eigenvalue weighted by molar-refractivity contribution is -0.394. The molecule has 0 radical (unpaired) electrons. The fourth-order valence-electron chi connectivity index (χ4n) is 3.51. The maximum absolute atomic E-state index is 11.7. The molecule has 0 spiro atoms. The Morgan fingerprint density at radius 2 is 1.37 bits per heavy atom. The van der Waals surface area contributed by atoms with Gasteiger partial charge < -0.3 is 5.11 Å². The molecular weight excluding hydrogens is 354 g/mol. The number of aromatic carboxylic acids is 1. The van der Waals surface area contributed by atoms with Crippen molar-refractivity contribution in [2.75, 3.05) is 19.6 Å². The summed E-state index contributed by atoms with van der Waals surface area (Å²) in [5.74, 6) is -1.43. The van der Waals surface area contributed by atoms with Crippen molar-refractivity contribution in [3.8, 4) is 0 Å². The molecule has 0 aromatic heterocycles. The van der Waals surface area contributed by atoms with E-state index in [-0.39, 0.29) is 10.2 Å². The van der Waals surface area contributed by atoms with Crippen molar-refractivity contribution in [3.05, 3.63) is 37.9 Å². The zero-order valence-electron chi connectivity index (χ0n) is 16.1. The lowest BCUT2D eigenvalue weighted by Crippen LogP contribution is -2.52. The highest BCUT2D eigenvalue weighted by atomic mass is 16.6. The minimum Gasteiger partial charge on any atom is -0.478 e. The summed E-state index contributed by atoms with van der Waals surface area (Å²) in [5, 5.41) is 32.7. The van der Waals surface area contributed by atoms with Gasteiger partial charge in [0.2, 0.25) is 0 Å². The highest BCUT2D eigenvalue weighted by Gasteiger charge is 2.44. The number of carboxylic acid groups (broad SMARTS) is 1. The topological polar surface area (TPSA) is 124 Å². The fraction of sp³-hybridized carbons (Fsp3) is 0.611. The van der Waals surface area contributed by atoms with Crippen LogP contribution in [0.2, 0.25) is 0 Å². The van der Waals surface area contributed by atoms with Crippen LogP contribution < -0.4 is 4.48 Å². The fourth-order valence-corrected chi connectivity index (χ4v) is 3.51. The Hall–Kier alpha value is -2.55. The molecule has 0 aliphatic heterocycles. The van der Waals surface area contributed by atoms with Gasteiger partial charge in [0, 0.05) is 12.1 Å². The van der Waals surface area contributed by atoms with E-state index in [1.165, 1.54) is 0 Å². The Kier molecular flexibility index (Phi) is 8.30. The van der Waals surface area contributed by atoms with Crippen LogP contribution in [-0.2, 0) is 0 Å². The SMILES string of the molecule is CCCC[N+](CCC)(CCCC)c1c([N+](=O)[O-])cc(C(=O)O)cc1[N+](=O)[O-]. The van der Waals surface area contributed by atoms with E-state index in [1.807, 2.05) is 20.8 Å². The van der Waals surface area contributed by atoms with E-state index in [4.69, 9.17) is 0 Å². The van der Waals surface area contributed by atoms with Crippen LogP contribution in [0.1, 0.15) is 63.2 Å². The van der Waals surface area contributed by atoms with Gasteiger partial charge in [-0.3, -0.25) is 24.7 Å². The van der Waals surface area contributed by atoms with Crippen LogP contribution in [0, 0.1) is 20.2 Å². The summed E-state index contributed by atoms with van der Waals surface area (Å²) in [6.07, 6.45) is 3.93. The monoisotopic (exact) mass is 382 g/mol. The zero-order chi connectivity index (χ0) is 20.6. The zero-order valence-corrected chi connectivity index (χ0v) is 16.1. The Labute approximate surface area is 158 Å². The second-order valence-corrected chi connectivity index (χ2v) is 6.71. The molecule has 0 fully saturated rings. The molecule has 9 heteroatoms. The van der Waals surface area contributed by atoms with E-state index in [9.17, 15) is 30.1 Å². The smallest absolute Gasteiger partial charge is 0.337 e. The van der Waals surface area contributed by atoms with E-state index in [0.29, 0.717) is 26.1 Å². The lowest BCUT2D eigenvalue weighted by Gasteiger charge is -2.37. The average Bonchev–Trinajstić information content (AvgIpc) is 2.62. The van der Waals surface area contributed by atoms with Gasteiger partial charge in [0.25, 0.3) is 5.69 Å². The summed E-state index contributed by atoms with van der Waals surface area (Å²) in [6.45, 7) is 7.53. The maximum Gasteiger partial charge on any atom is 0.337 e. The van der Waals surface area contributed by atoms with Gasteiger partial charge >= 0.3 is 17.3 Å². The first-order chi connectivity index (χ1) is 12.7. The second-order valence-electron chi connectivity index (χ2n) is 6.71. The molecule has 0 bridgehead atoms. The van der Waals surface area contributed by atoms with Crippen LogP contribution in [0.3, 0.4) is 0 Å². The third-order valence-corrected chi connectivity index (χ3v) is 4.72. The molecule has 27 heavy (non-hydrogen) atoms. The minimum atomic E-state index is -1.43. The Balaban J connectivity index is 3.87. The quantitative estimate of drug-likeness (QED) is 0.322. The van der Waals surface area contributed by atoms with E-state index >= 15 is 0 Å². The predicted octanol–water partition coefficient (Wildman–Crippen LogP) is 4.52. The molecule has 9 nitrogen and oxygen atoms in total. The summed E-state index contributed by atoms with van der Waals surface area (Å²) in [5.41, 5.74) is -1.39. The van der Waals surface area contributed by atoms with Gasteiger partial charge in [0.15, 0.2) is 0 Å². The highest BCUT2D eigenvalue weighted by molar-refractivity contribution is 5.92. The third kappa shape index (κ3) is 5.22. The van der Waals surface area contributed by atoms with Crippen LogP contribution in [0.4, 0.5) is 17.1 Å². The molecule has 0 unspecified atom stereocenters. The number of benzene rings is 1. The van der Waals surface area contributed by atoms with Crippen molar-refractivity contribution >= 4 is 23.0 Å². The number of nitrogens with zero attached hydrogens (tertiary/aromatic N) is 3. The van der Waals surface area contributed by atoms with Gasteiger partial charge in [-0.15, -0.1) is 0 Å². The number of carboxylic acids is 1. The van der Waals surface area contributed by atoms with Crippen molar-refractivity contribution in [2.45, 2.75) is 52.9 Å². The highest BCUT2D eigenvalue weighted by Crippen LogP contribution is 2.43. The molecular formula is C18H28N3O6+.